The van der Waals surface area contributed by atoms with Crippen LogP contribution in [0.5, 0.6) is 0 Å². The molecule has 2 aromatic rings. The second-order valence-corrected chi connectivity index (χ2v) is 6.03. The highest BCUT2D eigenvalue weighted by Gasteiger charge is 2.31. The molecular formula is C16H19N5O3. The number of rotatable bonds is 5. The van der Waals surface area contributed by atoms with Gasteiger partial charge in [0, 0.05) is 11.6 Å². The van der Waals surface area contributed by atoms with Crippen molar-refractivity contribution in [2.45, 2.75) is 38.3 Å². The molecule has 1 aromatic heterocycles. The van der Waals surface area contributed by atoms with E-state index in [4.69, 9.17) is 5.11 Å². The summed E-state index contributed by atoms with van der Waals surface area (Å²) in [4.78, 5) is 24.6. The van der Waals surface area contributed by atoms with Crippen LogP contribution in [-0.2, 0) is 9.59 Å². The van der Waals surface area contributed by atoms with Crippen LogP contribution in [0.4, 0.5) is 0 Å². The molecular weight excluding hydrogens is 310 g/mol. The Bertz CT molecular complexity index is 730. The van der Waals surface area contributed by atoms with E-state index >= 15 is 0 Å². The average molecular weight is 329 g/mol. The number of hydrogen-bond acceptors (Lipinski definition) is 5. The number of nitrogens with one attached hydrogen (secondary N) is 1. The van der Waals surface area contributed by atoms with Gasteiger partial charge in [0.1, 0.15) is 6.04 Å². The predicted molar refractivity (Wildman–Crippen MR) is 84.9 cm³/mol. The minimum atomic E-state index is -0.801. The summed E-state index contributed by atoms with van der Waals surface area (Å²) in [6, 6.07) is 8.68. The van der Waals surface area contributed by atoms with Crippen LogP contribution in [0.15, 0.2) is 30.3 Å². The van der Waals surface area contributed by atoms with Crippen molar-refractivity contribution in [3.63, 3.8) is 0 Å². The van der Waals surface area contributed by atoms with Crippen LogP contribution in [0.2, 0.25) is 0 Å². The van der Waals surface area contributed by atoms with Gasteiger partial charge in [-0.15, -0.1) is 10.2 Å². The highest BCUT2D eigenvalue weighted by Crippen LogP contribution is 2.26. The molecule has 0 spiro atoms. The fourth-order valence-electron chi connectivity index (χ4n) is 2.86. The first-order chi connectivity index (χ1) is 11.5. The SMILES string of the molecule is CC(C(=O)N[C@H]1CC[C@@H](C(=O)O)C1)n1nnc(-c2ccccc2)n1. The molecule has 1 unspecified atom stereocenters. The van der Waals surface area contributed by atoms with Crippen molar-refractivity contribution in [1.29, 1.82) is 0 Å². The summed E-state index contributed by atoms with van der Waals surface area (Å²) in [6.07, 6.45) is 1.73. The Morgan fingerprint density at radius 2 is 2.04 bits per heavy atom. The molecule has 3 atom stereocenters. The Morgan fingerprint density at radius 1 is 1.29 bits per heavy atom. The highest BCUT2D eigenvalue weighted by molar-refractivity contribution is 5.80. The fourth-order valence-corrected chi connectivity index (χ4v) is 2.86. The summed E-state index contributed by atoms with van der Waals surface area (Å²) in [7, 11) is 0. The maximum absolute atomic E-state index is 12.3. The van der Waals surface area contributed by atoms with Crippen molar-refractivity contribution in [3.05, 3.63) is 30.3 Å². The van der Waals surface area contributed by atoms with Gasteiger partial charge in [-0.3, -0.25) is 9.59 Å². The van der Waals surface area contributed by atoms with Crippen molar-refractivity contribution in [3.8, 4) is 11.4 Å². The van der Waals surface area contributed by atoms with E-state index in [-0.39, 0.29) is 17.9 Å². The molecule has 0 aliphatic heterocycles. The van der Waals surface area contributed by atoms with Crippen LogP contribution in [0.25, 0.3) is 11.4 Å². The lowest BCUT2D eigenvalue weighted by Gasteiger charge is -2.15. The van der Waals surface area contributed by atoms with Gasteiger partial charge in [-0.1, -0.05) is 30.3 Å². The van der Waals surface area contributed by atoms with E-state index in [2.05, 4.69) is 20.7 Å². The molecule has 3 rings (SSSR count). The van der Waals surface area contributed by atoms with Crippen LogP contribution >= 0.6 is 0 Å². The van der Waals surface area contributed by atoms with Crippen LogP contribution < -0.4 is 5.32 Å². The van der Waals surface area contributed by atoms with Crippen molar-refractivity contribution < 1.29 is 14.7 Å². The molecule has 1 fully saturated rings. The van der Waals surface area contributed by atoms with Gasteiger partial charge in [0.2, 0.25) is 11.7 Å². The van der Waals surface area contributed by atoms with E-state index in [0.29, 0.717) is 25.1 Å². The smallest absolute Gasteiger partial charge is 0.306 e. The second-order valence-electron chi connectivity index (χ2n) is 6.03. The number of hydrogen-bond donors (Lipinski definition) is 2. The molecule has 0 saturated heterocycles. The maximum atomic E-state index is 12.3. The Hall–Kier alpha value is -2.77. The molecule has 0 bridgehead atoms. The summed E-state index contributed by atoms with van der Waals surface area (Å²) < 4.78 is 0. The van der Waals surface area contributed by atoms with Gasteiger partial charge in [0.25, 0.3) is 0 Å². The monoisotopic (exact) mass is 329 g/mol. The van der Waals surface area contributed by atoms with Crippen LogP contribution in [0, 0.1) is 5.92 Å². The lowest BCUT2D eigenvalue weighted by Crippen LogP contribution is -2.38. The summed E-state index contributed by atoms with van der Waals surface area (Å²) in [5, 5.41) is 24.1. The number of carboxylic acids is 1. The summed E-state index contributed by atoms with van der Waals surface area (Å²) >= 11 is 0. The van der Waals surface area contributed by atoms with Gasteiger partial charge in [0.15, 0.2) is 0 Å². The first kappa shape index (κ1) is 16.1. The molecule has 1 heterocycles. The molecule has 1 aromatic carbocycles. The molecule has 1 saturated carbocycles. The lowest BCUT2D eigenvalue weighted by atomic mass is 10.1. The molecule has 24 heavy (non-hydrogen) atoms. The van der Waals surface area contributed by atoms with E-state index in [0.717, 1.165) is 5.56 Å². The Morgan fingerprint density at radius 3 is 2.71 bits per heavy atom. The zero-order valence-corrected chi connectivity index (χ0v) is 13.3. The molecule has 1 aliphatic rings. The molecule has 126 valence electrons. The van der Waals surface area contributed by atoms with Gasteiger partial charge < -0.3 is 10.4 Å². The Kier molecular flexibility index (Phi) is 4.54. The third kappa shape index (κ3) is 3.42. The predicted octanol–water partition coefficient (Wildman–Crippen LogP) is 1.27. The topological polar surface area (TPSA) is 110 Å². The molecule has 8 heteroatoms. The minimum absolute atomic E-state index is 0.113. The fraction of sp³-hybridized carbons (Fsp3) is 0.438. The third-order valence-corrected chi connectivity index (χ3v) is 4.31. The van der Waals surface area contributed by atoms with Gasteiger partial charge >= 0.3 is 5.97 Å². The van der Waals surface area contributed by atoms with E-state index in [1.165, 1.54) is 4.80 Å². The quantitative estimate of drug-likeness (QED) is 0.855. The van der Waals surface area contributed by atoms with Crippen molar-refractivity contribution in [1.82, 2.24) is 25.5 Å². The van der Waals surface area contributed by atoms with Gasteiger partial charge in [-0.2, -0.15) is 4.80 Å². The van der Waals surface area contributed by atoms with Gasteiger partial charge in [-0.05, 0) is 31.4 Å². The first-order valence-electron chi connectivity index (χ1n) is 7.92. The molecule has 1 amide bonds. The van der Waals surface area contributed by atoms with Crippen molar-refractivity contribution in [2.75, 3.05) is 0 Å². The molecule has 1 aliphatic carbocycles. The van der Waals surface area contributed by atoms with E-state index in [9.17, 15) is 9.59 Å². The zero-order chi connectivity index (χ0) is 17.1. The highest BCUT2D eigenvalue weighted by atomic mass is 16.4. The van der Waals surface area contributed by atoms with Crippen molar-refractivity contribution in [2.24, 2.45) is 5.92 Å². The van der Waals surface area contributed by atoms with E-state index in [1.54, 1.807) is 6.92 Å². The summed E-state index contributed by atoms with van der Waals surface area (Å²) in [6.45, 7) is 1.69. The molecule has 2 N–H and O–H groups in total. The average Bonchev–Trinajstić information content (AvgIpc) is 3.24. The number of benzene rings is 1. The first-order valence-corrected chi connectivity index (χ1v) is 7.92. The van der Waals surface area contributed by atoms with Gasteiger partial charge in [0.05, 0.1) is 5.92 Å². The number of amides is 1. The second kappa shape index (κ2) is 6.77. The number of aliphatic carboxylic acids is 1. The zero-order valence-electron chi connectivity index (χ0n) is 13.3. The molecule has 0 radical (unpaired) electrons. The third-order valence-electron chi connectivity index (χ3n) is 4.31. The standard InChI is InChI=1S/C16H19N5O3/c1-10(15(22)17-13-8-7-12(9-13)16(23)24)21-19-14(18-20-21)11-5-3-2-4-6-11/h2-6,10,12-13H,7-9H2,1H3,(H,17,22)(H,23,24)/t10?,12-,13+/m1/s1. The minimum Gasteiger partial charge on any atom is -0.481 e. The normalized spacial score (nSPS) is 21.4. The van der Waals surface area contributed by atoms with Crippen LogP contribution in [0.3, 0.4) is 0 Å². The molecule has 8 nitrogen and oxygen atoms in total. The van der Waals surface area contributed by atoms with Crippen molar-refractivity contribution >= 4 is 11.9 Å². The Balaban J connectivity index is 1.62. The number of carbonyl (C=O) groups is 2. The van der Waals surface area contributed by atoms with Crippen LogP contribution in [-0.4, -0.2) is 43.2 Å². The summed E-state index contributed by atoms with van der Waals surface area (Å²) in [5.74, 6) is -0.949. The number of carbonyl (C=O) groups excluding carboxylic acids is 1. The van der Waals surface area contributed by atoms with E-state index < -0.39 is 12.0 Å². The largest absolute Gasteiger partial charge is 0.481 e. The number of nitrogens with zero attached hydrogens (tertiary/aromatic N) is 4. The summed E-state index contributed by atoms with van der Waals surface area (Å²) in [5.41, 5.74) is 0.830. The number of tetrazole rings is 1. The Labute approximate surface area is 138 Å². The maximum Gasteiger partial charge on any atom is 0.306 e. The van der Waals surface area contributed by atoms with E-state index in [1.807, 2.05) is 30.3 Å². The lowest BCUT2D eigenvalue weighted by molar-refractivity contribution is -0.141. The van der Waals surface area contributed by atoms with Crippen LogP contribution in [0.1, 0.15) is 32.2 Å². The number of carboxylic acid groups (broad SMARTS) is 1. The van der Waals surface area contributed by atoms with Gasteiger partial charge in [-0.25, -0.2) is 0 Å². The number of aromatic nitrogens is 4.